The highest BCUT2D eigenvalue weighted by atomic mass is 32.2. The molecule has 21 heavy (non-hydrogen) atoms. The van der Waals surface area contributed by atoms with Crippen LogP contribution in [0.3, 0.4) is 0 Å². The molecule has 1 atom stereocenters. The zero-order chi connectivity index (χ0) is 15.6. The predicted molar refractivity (Wildman–Crippen MR) is 85.8 cm³/mol. The predicted octanol–water partition coefficient (Wildman–Crippen LogP) is 3.91. The van der Waals surface area contributed by atoms with Crippen molar-refractivity contribution in [3.05, 3.63) is 30.3 Å². The van der Waals surface area contributed by atoms with Gasteiger partial charge in [0, 0.05) is 22.2 Å². The third-order valence-electron chi connectivity index (χ3n) is 3.60. The molecule has 0 unspecified atom stereocenters. The van der Waals surface area contributed by atoms with E-state index in [0.29, 0.717) is 4.90 Å². The third kappa shape index (κ3) is 3.46. The second-order valence-electron chi connectivity index (χ2n) is 6.05. The lowest BCUT2D eigenvalue weighted by Gasteiger charge is -2.29. The molecule has 2 amide bonds. The van der Waals surface area contributed by atoms with Crippen molar-refractivity contribution in [1.82, 2.24) is 4.90 Å². The van der Waals surface area contributed by atoms with E-state index < -0.39 is 9.73 Å². The molecule has 1 fully saturated rings. The minimum absolute atomic E-state index is 0.0185. The van der Waals surface area contributed by atoms with E-state index in [2.05, 4.69) is 4.36 Å². The number of carbonyl (C=O) groups is 1. The molecular formula is C16H24N2O2S. The average molecular weight is 308 g/mol. The van der Waals surface area contributed by atoms with Gasteiger partial charge in [0.05, 0.1) is 9.73 Å². The molecule has 1 saturated carbocycles. The molecule has 0 bridgehead atoms. The molecule has 1 aliphatic rings. The van der Waals surface area contributed by atoms with Crippen LogP contribution in [0.5, 0.6) is 0 Å². The van der Waals surface area contributed by atoms with Crippen LogP contribution in [0, 0.1) is 0 Å². The maximum absolute atomic E-state index is 13.3. The van der Waals surface area contributed by atoms with Crippen molar-refractivity contribution in [3.63, 3.8) is 0 Å². The van der Waals surface area contributed by atoms with Crippen LogP contribution in [0.15, 0.2) is 39.6 Å². The van der Waals surface area contributed by atoms with E-state index in [1.807, 2.05) is 58.0 Å². The molecule has 2 rings (SSSR count). The summed E-state index contributed by atoms with van der Waals surface area (Å²) in [6.07, 6.45) is 1.77. The van der Waals surface area contributed by atoms with Crippen LogP contribution >= 0.6 is 0 Å². The highest BCUT2D eigenvalue weighted by Gasteiger charge is 2.36. The standard InChI is InChI=1S/C16H24N2O2S/c1-12(2)18(13(3)4)16(19)17-21(20,15-10-11-15)14-8-6-5-7-9-14/h5-9,12-13,15H,10-11H2,1-4H3/t21-/m1/s1. The lowest BCUT2D eigenvalue weighted by molar-refractivity contribution is 0.175. The van der Waals surface area contributed by atoms with Crippen LogP contribution in [-0.4, -0.2) is 32.5 Å². The summed E-state index contributed by atoms with van der Waals surface area (Å²) in [5.41, 5.74) is 0. The van der Waals surface area contributed by atoms with Crippen molar-refractivity contribution < 1.29 is 9.00 Å². The SMILES string of the molecule is CC(C)N(C(=O)N=[S@@](=O)(c1ccccc1)C1CC1)C(C)C. The minimum atomic E-state index is -2.65. The smallest absolute Gasteiger partial charge is 0.318 e. The first-order valence-electron chi connectivity index (χ1n) is 7.49. The molecule has 0 radical (unpaired) electrons. The maximum Gasteiger partial charge on any atom is 0.352 e. The van der Waals surface area contributed by atoms with Crippen molar-refractivity contribution in [2.75, 3.05) is 0 Å². The summed E-state index contributed by atoms with van der Waals surface area (Å²) in [7, 11) is -2.65. The zero-order valence-electron chi connectivity index (χ0n) is 13.2. The number of benzene rings is 1. The molecule has 5 heteroatoms. The largest absolute Gasteiger partial charge is 0.352 e. The molecule has 1 aromatic rings. The van der Waals surface area contributed by atoms with Gasteiger partial charge in [0.15, 0.2) is 0 Å². The van der Waals surface area contributed by atoms with Gasteiger partial charge in [-0.3, -0.25) is 0 Å². The molecule has 1 aliphatic carbocycles. The van der Waals surface area contributed by atoms with E-state index in [-0.39, 0.29) is 23.4 Å². The van der Waals surface area contributed by atoms with Gasteiger partial charge in [0.2, 0.25) is 0 Å². The number of nitrogens with zero attached hydrogens (tertiary/aromatic N) is 2. The Morgan fingerprint density at radius 2 is 1.67 bits per heavy atom. The van der Waals surface area contributed by atoms with E-state index in [9.17, 15) is 9.00 Å². The Hall–Kier alpha value is -1.36. The summed E-state index contributed by atoms with van der Waals surface area (Å²) >= 11 is 0. The Kier molecular flexibility index (Phi) is 4.71. The van der Waals surface area contributed by atoms with Crippen molar-refractivity contribution >= 4 is 15.8 Å². The number of urea groups is 1. The summed E-state index contributed by atoms with van der Waals surface area (Å²) in [4.78, 5) is 14.9. The van der Waals surface area contributed by atoms with Crippen LogP contribution < -0.4 is 0 Å². The van der Waals surface area contributed by atoms with Gasteiger partial charge in [-0.15, -0.1) is 4.36 Å². The molecule has 116 valence electrons. The Bertz CT molecular complexity index is 604. The maximum atomic E-state index is 13.3. The van der Waals surface area contributed by atoms with Crippen LogP contribution in [0.4, 0.5) is 4.79 Å². The topological polar surface area (TPSA) is 49.7 Å². The minimum Gasteiger partial charge on any atom is -0.318 e. The summed E-state index contributed by atoms with van der Waals surface area (Å²) in [6.45, 7) is 7.81. The second kappa shape index (κ2) is 6.18. The number of carbonyl (C=O) groups excluding carboxylic acids is 1. The van der Waals surface area contributed by atoms with Crippen LogP contribution in [0.1, 0.15) is 40.5 Å². The van der Waals surface area contributed by atoms with Crippen LogP contribution in [0.25, 0.3) is 0 Å². The second-order valence-corrected chi connectivity index (χ2v) is 8.51. The molecule has 0 saturated heterocycles. The van der Waals surface area contributed by atoms with E-state index >= 15 is 0 Å². The highest BCUT2D eigenvalue weighted by Crippen LogP contribution is 2.35. The van der Waals surface area contributed by atoms with E-state index in [1.165, 1.54) is 0 Å². The summed E-state index contributed by atoms with van der Waals surface area (Å²) in [6, 6.07) is 8.92. The van der Waals surface area contributed by atoms with Gasteiger partial charge in [0.1, 0.15) is 0 Å². The van der Waals surface area contributed by atoms with Crippen LogP contribution in [0.2, 0.25) is 0 Å². The number of hydrogen-bond acceptors (Lipinski definition) is 2. The number of amides is 2. The lowest BCUT2D eigenvalue weighted by Crippen LogP contribution is -2.40. The van der Waals surface area contributed by atoms with Gasteiger partial charge in [-0.2, -0.15) is 0 Å². The summed E-state index contributed by atoms with van der Waals surface area (Å²) in [5, 5.41) is 0.0185. The van der Waals surface area contributed by atoms with Gasteiger partial charge in [-0.25, -0.2) is 9.00 Å². The summed E-state index contributed by atoms with van der Waals surface area (Å²) < 4.78 is 17.5. The third-order valence-corrected chi connectivity index (χ3v) is 6.35. The molecule has 0 spiro atoms. The number of rotatable bonds is 4. The zero-order valence-corrected chi connectivity index (χ0v) is 14.0. The van der Waals surface area contributed by atoms with E-state index in [0.717, 1.165) is 12.8 Å². The Morgan fingerprint density at radius 3 is 2.10 bits per heavy atom. The molecule has 4 nitrogen and oxygen atoms in total. The molecular weight excluding hydrogens is 284 g/mol. The molecule has 0 N–H and O–H groups in total. The van der Waals surface area contributed by atoms with Gasteiger partial charge in [-0.1, -0.05) is 18.2 Å². The molecule has 0 heterocycles. The van der Waals surface area contributed by atoms with Gasteiger partial charge >= 0.3 is 6.03 Å². The highest BCUT2D eigenvalue weighted by molar-refractivity contribution is 7.94. The lowest BCUT2D eigenvalue weighted by atomic mass is 10.2. The normalized spacial score (nSPS) is 17.6. The fraction of sp³-hybridized carbons (Fsp3) is 0.562. The Balaban J connectivity index is 2.43. The molecule has 1 aromatic carbocycles. The summed E-state index contributed by atoms with van der Waals surface area (Å²) in [5.74, 6) is 0. The Morgan fingerprint density at radius 1 is 1.14 bits per heavy atom. The number of hydrogen-bond donors (Lipinski definition) is 0. The van der Waals surface area contributed by atoms with E-state index in [4.69, 9.17) is 0 Å². The van der Waals surface area contributed by atoms with Gasteiger partial charge in [0.25, 0.3) is 0 Å². The fourth-order valence-electron chi connectivity index (χ4n) is 2.52. The quantitative estimate of drug-likeness (QED) is 0.846. The fourth-order valence-corrected chi connectivity index (χ4v) is 4.81. The van der Waals surface area contributed by atoms with E-state index in [1.54, 1.807) is 4.90 Å². The van der Waals surface area contributed by atoms with Crippen LogP contribution in [-0.2, 0) is 9.73 Å². The molecule has 0 aliphatic heterocycles. The van der Waals surface area contributed by atoms with Crippen molar-refractivity contribution in [3.8, 4) is 0 Å². The first-order chi connectivity index (χ1) is 9.86. The van der Waals surface area contributed by atoms with Gasteiger partial charge < -0.3 is 4.90 Å². The average Bonchev–Trinajstić information content (AvgIpc) is 3.23. The molecule has 0 aromatic heterocycles. The van der Waals surface area contributed by atoms with Gasteiger partial charge in [-0.05, 0) is 52.7 Å². The van der Waals surface area contributed by atoms with Crippen molar-refractivity contribution in [1.29, 1.82) is 0 Å². The first kappa shape index (κ1) is 16.0. The van der Waals surface area contributed by atoms with Crippen molar-refractivity contribution in [2.24, 2.45) is 4.36 Å². The first-order valence-corrected chi connectivity index (χ1v) is 9.07. The van der Waals surface area contributed by atoms with Crippen molar-refractivity contribution in [2.45, 2.75) is 62.8 Å². The monoisotopic (exact) mass is 308 g/mol. The Labute approximate surface area is 127 Å².